The summed E-state index contributed by atoms with van der Waals surface area (Å²) in [5.41, 5.74) is 0. The summed E-state index contributed by atoms with van der Waals surface area (Å²) in [4.78, 5) is 0. The van der Waals surface area contributed by atoms with Crippen LogP contribution in [0.25, 0.3) is 0 Å². The fraction of sp³-hybridized carbons (Fsp3) is 1.00. The topological polar surface area (TPSA) is 70.7 Å². The van der Waals surface area contributed by atoms with Gasteiger partial charge in [0.25, 0.3) is 10.2 Å². The molecule has 1 saturated carbocycles. The maximum absolute atomic E-state index is 12.0. The minimum absolute atomic E-state index is 0.193. The molecule has 0 radical (unpaired) electrons. The maximum atomic E-state index is 12.0. The van der Waals surface area contributed by atoms with Gasteiger partial charge < -0.3 is 10.1 Å². The Morgan fingerprint density at radius 2 is 1.89 bits per heavy atom. The zero-order chi connectivity index (χ0) is 13.7. The van der Waals surface area contributed by atoms with E-state index in [1.807, 2.05) is 0 Å². The minimum atomic E-state index is -3.23. The molecule has 1 heterocycles. The van der Waals surface area contributed by atoms with Gasteiger partial charge in [-0.3, -0.25) is 0 Å². The molecule has 0 spiro atoms. The molecule has 1 aliphatic carbocycles. The molecule has 0 atom stereocenters. The van der Waals surface area contributed by atoms with E-state index in [4.69, 9.17) is 4.74 Å². The van der Waals surface area contributed by atoms with E-state index in [9.17, 15) is 8.42 Å². The first-order valence-corrected chi connectivity index (χ1v) is 8.53. The van der Waals surface area contributed by atoms with E-state index in [1.165, 1.54) is 0 Å². The normalized spacial score (nSPS) is 22.8. The standard InChI is InChI=1S/C12H25N3O3S/c1-18-9-6-13-10-11-4-7-15(8-5-11)19(16,17)14-12-2-3-12/h11-14H,2-10H2,1H3. The van der Waals surface area contributed by atoms with Gasteiger partial charge in [0.1, 0.15) is 0 Å². The van der Waals surface area contributed by atoms with E-state index < -0.39 is 10.2 Å². The van der Waals surface area contributed by atoms with Gasteiger partial charge in [-0.15, -0.1) is 0 Å². The quantitative estimate of drug-likeness (QED) is 0.614. The van der Waals surface area contributed by atoms with Crippen molar-refractivity contribution in [2.24, 2.45) is 5.92 Å². The Morgan fingerprint density at radius 3 is 2.47 bits per heavy atom. The SMILES string of the molecule is COCCNCC1CCN(S(=O)(=O)NC2CC2)CC1. The van der Waals surface area contributed by atoms with Crippen LogP contribution >= 0.6 is 0 Å². The van der Waals surface area contributed by atoms with Gasteiger partial charge in [-0.25, -0.2) is 0 Å². The highest BCUT2D eigenvalue weighted by atomic mass is 32.2. The first-order chi connectivity index (χ1) is 9.12. The van der Waals surface area contributed by atoms with Crippen molar-refractivity contribution in [3.05, 3.63) is 0 Å². The number of hydrogen-bond acceptors (Lipinski definition) is 4. The zero-order valence-corrected chi connectivity index (χ0v) is 12.4. The lowest BCUT2D eigenvalue weighted by Gasteiger charge is -2.31. The summed E-state index contributed by atoms with van der Waals surface area (Å²) >= 11 is 0. The predicted octanol–water partition coefficient (Wildman–Crippen LogP) is -0.0688. The molecule has 112 valence electrons. The van der Waals surface area contributed by atoms with E-state index in [0.29, 0.717) is 19.0 Å². The van der Waals surface area contributed by atoms with Crippen molar-refractivity contribution in [1.82, 2.24) is 14.3 Å². The number of rotatable bonds is 8. The van der Waals surface area contributed by atoms with Crippen molar-refractivity contribution in [3.63, 3.8) is 0 Å². The van der Waals surface area contributed by atoms with Crippen molar-refractivity contribution >= 4 is 10.2 Å². The fourth-order valence-corrected chi connectivity index (χ4v) is 3.82. The van der Waals surface area contributed by atoms with Crippen molar-refractivity contribution < 1.29 is 13.2 Å². The molecule has 1 saturated heterocycles. The first kappa shape index (κ1) is 15.2. The van der Waals surface area contributed by atoms with Crippen LogP contribution in [0.3, 0.4) is 0 Å². The van der Waals surface area contributed by atoms with Gasteiger partial charge in [-0.1, -0.05) is 0 Å². The number of piperidine rings is 1. The Balaban J connectivity index is 1.66. The molecule has 2 N–H and O–H groups in total. The third-order valence-corrected chi connectivity index (χ3v) is 5.40. The molecule has 6 nitrogen and oxygen atoms in total. The summed E-state index contributed by atoms with van der Waals surface area (Å²) in [6.07, 6.45) is 3.84. The molecule has 19 heavy (non-hydrogen) atoms. The van der Waals surface area contributed by atoms with Crippen LogP contribution in [0.1, 0.15) is 25.7 Å². The van der Waals surface area contributed by atoms with Gasteiger partial charge in [-0.2, -0.15) is 17.4 Å². The van der Waals surface area contributed by atoms with Gasteiger partial charge in [0.2, 0.25) is 0 Å². The molecule has 7 heteroatoms. The molecule has 0 bridgehead atoms. The van der Waals surface area contributed by atoms with E-state index in [2.05, 4.69) is 10.0 Å². The predicted molar refractivity (Wildman–Crippen MR) is 74.1 cm³/mol. The number of hydrogen-bond donors (Lipinski definition) is 2. The van der Waals surface area contributed by atoms with Crippen LogP contribution in [0.5, 0.6) is 0 Å². The Hall–Kier alpha value is -0.210. The van der Waals surface area contributed by atoms with Gasteiger partial charge in [0.05, 0.1) is 6.61 Å². The van der Waals surface area contributed by atoms with Gasteiger partial charge >= 0.3 is 0 Å². The number of nitrogens with one attached hydrogen (secondary N) is 2. The molecule has 0 aromatic heterocycles. The number of nitrogens with zero attached hydrogens (tertiary/aromatic N) is 1. The molecule has 0 aromatic carbocycles. The third-order valence-electron chi connectivity index (χ3n) is 3.72. The summed E-state index contributed by atoms with van der Waals surface area (Å²) in [5, 5.41) is 3.34. The maximum Gasteiger partial charge on any atom is 0.279 e. The van der Waals surface area contributed by atoms with Crippen LogP contribution in [-0.2, 0) is 14.9 Å². The minimum Gasteiger partial charge on any atom is -0.383 e. The molecule has 2 fully saturated rings. The van der Waals surface area contributed by atoms with Crippen LogP contribution in [0.2, 0.25) is 0 Å². The lowest BCUT2D eigenvalue weighted by atomic mass is 9.98. The highest BCUT2D eigenvalue weighted by Crippen LogP contribution is 2.23. The molecule has 2 rings (SSSR count). The van der Waals surface area contributed by atoms with Gasteiger partial charge in [0.15, 0.2) is 0 Å². The second-order valence-electron chi connectivity index (χ2n) is 5.44. The summed E-state index contributed by atoms with van der Waals surface area (Å²) in [5.74, 6) is 0.573. The average Bonchev–Trinajstić information content (AvgIpc) is 3.18. The van der Waals surface area contributed by atoms with Crippen molar-refractivity contribution in [2.45, 2.75) is 31.7 Å². The van der Waals surface area contributed by atoms with Crippen molar-refractivity contribution in [3.8, 4) is 0 Å². The summed E-state index contributed by atoms with van der Waals surface area (Å²) in [6.45, 7) is 3.81. The Bertz CT molecular complexity index is 362. The van der Waals surface area contributed by atoms with Crippen molar-refractivity contribution in [2.75, 3.05) is 39.9 Å². The van der Waals surface area contributed by atoms with Gasteiger partial charge in [-0.05, 0) is 38.1 Å². The van der Waals surface area contributed by atoms with Crippen molar-refractivity contribution in [1.29, 1.82) is 0 Å². The lowest BCUT2D eigenvalue weighted by molar-refractivity contribution is 0.194. The van der Waals surface area contributed by atoms with E-state index in [-0.39, 0.29) is 6.04 Å². The molecule has 0 unspecified atom stereocenters. The second-order valence-corrected chi connectivity index (χ2v) is 7.14. The molecule has 0 aromatic rings. The summed E-state index contributed by atoms with van der Waals surface area (Å²) in [7, 11) is -1.54. The summed E-state index contributed by atoms with van der Waals surface area (Å²) in [6, 6.07) is 0.193. The van der Waals surface area contributed by atoms with E-state index in [1.54, 1.807) is 11.4 Å². The monoisotopic (exact) mass is 291 g/mol. The average molecular weight is 291 g/mol. The molecule has 0 amide bonds. The highest BCUT2D eigenvalue weighted by molar-refractivity contribution is 7.87. The fourth-order valence-electron chi connectivity index (χ4n) is 2.32. The first-order valence-electron chi connectivity index (χ1n) is 7.09. The van der Waals surface area contributed by atoms with E-state index in [0.717, 1.165) is 45.4 Å². The van der Waals surface area contributed by atoms with Crippen LogP contribution in [0.4, 0.5) is 0 Å². The Kier molecular flexibility index (Phi) is 5.58. The third kappa shape index (κ3) is 5.00. The Morgan fingerprint density at radius 1 is 1.21 bits per heavy atom. The zero-order valence-electron chi connectivity index (χ0n) is 11.6. The second kappa shape index (κ2) is 6.99. The molecule has 2 aliphatic rings. The Labute approximate surface area is 116 Å². The number of ether oxygens (including phenoxy) is 1. The molecule has 1 aliphatic heterocycles. The van der Waals surface area contributed by atoms with Crippen LogP contribution in [-0.4, -0.2) is 58.7 Å². The van der Waals surface area contributed by atoms with Gasteiger partial charge in [0, 0.05) is 32.8 Å². The smallest absolute Gasteiger partial charge is 0.279 e. The van der Waals surface area contributed by atoms with Crippen LogP contribution in [0.15, 0.2) is 0 Å². The highest BCUT2D eigenvalue weighted by Gasteiger charge is 2.33. The largest absolute Gasteiger partial charge is 0.383 e. The summed E-state index contributed by atoms with van der Waals surface area (Å²) < 4.78 is 33.4. The number of methoxy groups -OCH3 is 1. The van der Waals surface area contributed by atoms with Crippen LogP contribution < -0.4 is 10.0 Å². The lowest BCUT2D eigenvalue weighted by Crippen LogP contribution is -2.46. The van der Waals surface area contributed by atoms with Crippen LogP contribution in [0, 0.1) is 5.92 Å². The van der Waals surface area contributed by atoms with E-state index >= 15 is 0 Å². The molecular weight excluding hydrogens is 266 g/mol. The molecular formula is C12H25N3O3S.